The third-order valence-corrected chi connectivity index (χ3v) is 9.09. The molecule has 1 saturated heterocycles. The smallest absolute Gasteiger partial charge is 0.306 e. The van der Waals surface area contributed by atoms with Gasteiger partial charge in [0.15, 0.2) is 21.5 Å². The third-order valence-electron chi connectivity index (χ3n) is 8.09. The normalized spacial score (nSPS) is 14.1. The van der Waals surface area contributed by atoms with Gasteiger partial charge in [0.05, 0.1) is 19.4 Å². The van der Waals surface area contributed by atoms with Gasteiger partial charge in [-0.2, -0.15) is 15.5 Å². The van der Waals surface area contributed by atoms with E-state index in [1.165, 1.54) is 16.9 Å². The lowest BCUT2D eigenvalue weighted by atomic mass is 9.98. The molecule has 1 aliphatic rings. The van der Waals surface area contributed by atoms with Crippen LogP contribution in [0.5, 0.6) is 0 Å². The van der Waals surface area contributed by atoms with Crippen molar-refractivity contribution >= 4 is 39.4 Å². The molecule has 5 rings (SSSR count). The quantitative estimate of drug-likeness (QED) is 0.124. The number of aliphatic carboxylic acids is 1. The minimum absolute atomic E-state index is 0.0162. The Morgan fingerprint density at radius 1 is 1.04 bits per heavy atom. The monoisotopic (exact) mass is 650 g/mol. The van der Waals surface area contributed by atoms with Crippen molar-refractivity contribution in [3.8, 4) is 23.4 Å². The predicted molar refractivity (Wildman–Crippen MR) is 176 cm³/mol. The summed E-state index contributed by atoms with van der Waals surface area (Å²) >= 11 is 1.36. The molecule has 2 aromatic carbocycles. The van der Waals surface area contributed by atoms with Crippen LogP contribution in [0.4, 0.5) is 16.1 Å². The molecule has 2 aromatic heterocycles. The maximum absolute atomic E-state index is 12.0. The van der Waals surface area contributed by atoms with Gasteiger partial charge in [-0.1, -0.05) is 79.8 Å². The van der Waals surface area contributed by atoms with E-state index in [1.807, 2.05) is 48.5 Å². The Hall–Kier alpha value is -5.40. The van der Waals surface area contributed by atoms with E-state index in [4.69, 9.17) is 14.8 Å². The van der Waals surface area contributed by atoms with Crippen molar-refractivity contribution in [2.24, 2.45) is 10.2 Å². The molecule has 4 aromatic rings. The highest BCUT2D eigenvalue weighted by atomic mass is 32.1. The van der Waals surface area contributed by atoms with Crippen LogP contribution in [0.15, 0.2) is 64.8 Å². The first kappa shape index (κ1) is 33.0. The van der Waals surface area contributed by atoms with Crippen LogP contribution in [0, 0.1) is 22.7 Å². The highest BCUT2D eigenvalue weighted by Crippen LogP contribution is 2.41. The summed E-state index contributed by atoms with van der Waals surface area (Å²) in [5, 5.41) is 38.7. The molecule has 1 atom stereocenters. The first-order valence-electron chi connectivity index (χ1n) is 15.4. The maximum atomic E-state index is 12.0. The fourth-order valence-corrected chi connectivity index (χ4v) is 6.19. The van der Waals surface area contributed by atoms with Crippen molar-refractivity contribution in [2.45, 2.75) is 64.5 Å². The standard InChI is InChI=1S/C34H34N8O4S/c1-3-22(2)24-11-9-23(10-12-24)21-42-28(20-36)27(19-35)37-33(42)40-39-32-31(25-7-5-4-6-8-25)38-34(47-32)41-17-15-26(16-18-41)46-30(45)14-13-29(43)44/h4-12,22,26H,3,13-18,21H2,1-2H3,(H,43,44). The number of ether oxygens (including phenoxy) is 1. The van der Waals surface area contributed by atoms with Crippen LogP contribution >= 0.6 is 11.3 Å². The summed E-state index contributed by atoms with van der Waals surface area (Å²) < 4.78 is 7.09. The summed E-state index contributed by atoms with van der Waals surface area (Å²) in [6.45, 7) is 5.80. The lowest BCUT2D eigenvalue weighted by molar-refractivity contribution is -0.152. The molecule has 1 fully saturated rings. The number of carbonyl (C=O) groups is 2. The first-order valence-corrected chi connectivity index (χ1v) is 16.2. The molecule has 0 bridgehead atoms. The number of nitrogens with zero attached hydrogens (tertiary/aromatic N) is 8. The van der Waals surface area contributed by atoms with Crippen LogP contribution < -0.4 is 4.90 Å². The molecule has 240 valence electrons. The number of carboxylic acid groups (broad SMARTS) is 1. The van der Waals surface area contributed by atoms with Crippen LogP contribution in [-0.4, -0.2) is 50.8 Å². The van der Waals surface area contributed by atoms with E-state index in [9.17, 15) is 20.1 Å². The molecule has 3 heterocycles. The third kappa shape index (κ3) is 8.07. The minimum Gasteiger partial charge on any atom is -0.481 e. The summed E-state index contributed by atoms with van der Waals surface area (Å²) in [6.07, 6.45) is 1.51. The number of benzene rings is 2. The van der Waals surface area contributed by atoms with Gasteiger partial charge >= 0.3 is 11.9 Å². The number of hydrogen-bond acceptors (Lipinski definition) is 11. The predicted octanol–water partition coefficient (Wildman–Crippen LogP) is 7.10. The summed E-state index contributed by atoms with van der Waals surface area (Å²) in [6, 6.07) is 21.9. The van der Waals surface area contributed by atoms with Crippen LogP contribution in [0.25, 0.3) is 11.3 Å². The zero-order valence-corrected chi connectivity index (χ0v) is 27.0. The summed E-state index contributed by atoms with van der Waals surface area (Å²) in [5.41, 5.74) is 3.76. The molecular weight excluding hydrogens is 616 g/mol. The van der Waals surface area contributed by atoms with Crippen LogP contribution in [0.1, 0.15) is 74.4 Å². The molecule has 1 N–H and O–H groups in total. The maximum Gasteiger partial charge on any atom is 0.306 e. The second-order valence-electron chi connectivity index (χ2n) is 11.3. The highest BCUT2D eigenvalue weighted by molar-refractivity contribution is 7.19. The van der Waals surface area contributed by atoms with Crippen molar-refractivity contribution in [2.75, 3.05) is 18.0 Å². The van der Waals surface area contributed by atoms with Crippen molar-refractivity contribution < 1.29 is 19.4 Å². The second kappa shape index (κ2) is 15.3. The number of rotatable bonds is 12. The molecule has 0 spiro atoms. The van der Waals surface area contributed by atoms with E-state index in [0.717, 1.165) is 22.7 Å². The van der Waals surface area contributed by atoms with E-state index in [0.29, 0.717) is 49.1 Å². The SMILES string of the molecule is CCC(C)c1ccc(Cn2c(N=Nc3sc(N4CCC(OC(=O)CCC(=O)O)CC4)nc3-c3ccccc3)nc(C#N)c2C#N)cc1. The minimum atomic E-state index is -1.03. The van der Waals surface area contributed by atoms with Gasteiger partial charge in [0, 0.05) is 31.5 Å². The number of imidazole rings is 1. The molecule has 0 saturated carbocycles. The molecule has 47 heavy (non-hydrogen) atoms. The number of hydrogen-bond donors (Lipinski definition) is 1. The van der Waals surface area contributed by atoms with E-state index in [-0.39, 0.29) is 36.3 Å². The first-order chi connectivity index (χ1) is 22.8. The fourth-order valence-electron chi connectivity index (χ4n) is 5.23. The van der Waals surface area contributed by atoms with Gasteiger partial charge < -0.3 is 14.7 Å². The number of esters is 1. The molecule has 1 unspecified atom stereocenters. The molecule has 13 heteroatoms. The van der Waals surface area contributed by atoms with E-state index in [2.05, 4.69) is 52.2 Å². The Kier molecular flexibility index (Phi) is 10.7. The number of piperidine rings is 1. The zero-order chi connectivity index (χ0) is 33.3. The number of thiazole rings is 1. The number of carbonyl (C=O) groups excluding carboxylic acids is 1. The molecular formula is C34H34N8O4S. The molecule has 12 nitrogen and oxygen atoms in total. The molecule has 0 radical (unpaired) electrons. The van der Waals surface area contributed by atoms with E-state index in [1.54, 1.807) is 4.57 Å². The Morgan fingerprint density at radius 2 is 1.77 bits per heavy atom. The van der Waals surface area contributed by atoms with Gasteiger partial charge in [-0.3, -0.25) is 14.2 Å². The second-order valence-corrected chi connectivity index (χ2v) is 12.2. The zero-order valence-electron chi connectivity index (χ0n) is 26.2. The van der Waals surface area contributed by atoms with Crippen molar-refractivity contribution in [3.63, 3.8) is 0 Å². The summed E-state index contributed by atoms with van der Waals surface area (Å²) in [4.78, 5) is 34.1. The van der Waals surface area contributed by atoms with Gasteiger partial charge in [-0.25, -0.2) is 4.98 Å². The molecule has 1 aliphatic heterocycles. The largest absolute Gasteiger partial charge is 0.481 e. The van der Waals surface area contributed by atoms with E-state index < -0.39 is 11.9 Å². The van der Waals surface area contributed by atoms with Crippen molar-refractivity contribution in [1.29, 1.82) is 10.5 Å². The Bertz CT molecular complexity index is 1830. The lowest BCUT2D eigenvalue weighted by Crippen LogP contribution is -2.37. The highest BCUT2D eigenvalue weighted by Gasteiger charge is 2.26. The fraction of sp³-hybridized carbons (Fsp3) is 0.353. The average molecular weight is 651 g/mol. The summed E-state index contributed by atoms with van der Waals surface area (Å²) in [5.74, 6) is -0.961. The molecule has 0 amide bonds. The summed E-state index contributed by atoms with van der Waals surface area (Å²) in [7, 11) is 0. The topological polar surface area (TPSA) is 170 Å². The van der Waals surface area contributed by atoms with E-state index >= 15 is 0 Å². The molecule has 0 aliphatic carbocycles. The van der Waals surface area contributed by atoms with Crippen molar-refractivity contribution in [1.82, 2.24) is 14.5 Å². The Morgan fingerprint density at radius 3 is 2.40 bits per heavy atom. The van der Waals surface area contributed by atoms with Gasteiger partial charge in [0.1, 0.15) is 23.9 Å². The van der Waals surface area contributed by atoms with Gasteiger partial charge in [0.25, 0.3) is 5.95 Å². The Balaban J connectivity index is 1.39. The Labute approximate surface area is 276 Å². The number of carboxylic acids is 1. The van der Waals surface area contributed by atoms with Crippen LogP contribution in [0.3, 0.4) is 0 Å². The average Bonchev–Trinajstić information content (AvgIpc) is 3.68. The van der Waals surface area contributed by atoms with Gasteiger partial charge in [-0.15, -0.1) is 10.2 Å². The van der Waals surface area contributed by atoms with Gasteiger partial charge in [-0.05, 0) is 23.5 Å². The van der Waals surface area contributed by atoms with Gasteiger partial charge in [0.2, 0.25) is 0 Å². The number of anilines is 1. The van der Waals surface area contributed by atoms with Crippen LogP contribution in [0.2, 0.25) is 0 Å². The lowest BCUT2D eigenvalue weighted by Gasteiger charge is -2.31. The van der Waals surface area contributed by atoms with Crippen molar-refractivity contribution in [3.05, 3.63) is 77.1 Å². The number of azo groups is 1. The number of aromatic nitrogens is 3. The number of nitriles is 2. The van der Waals surface area contributed by atoms with Crippen LogP contribution in [-0.2, 0) is 20.9 Å².